The van der Waals surface area contributed by atoms with E-state index in [9.17, 15) is 4.79 Å². The van der Waals surface area contributed by atoms with Gasteiger partial charge in [0.1, 0.15) is 0 Å². The van der Waals surface area contributed by atoms with E-state index in [1.54, 1.807) is 24.3 Å². The van der Waals surface area contributed by atoms with E-state index >= 15 is 0 Å². The van der Waals surface area contributed by atoms with Crippen LogP contribution < -0.4 is 0 Å². The number of hydrogen-bond donors (Lipinski definition) is 1. The molecule has 0 saturated heterocycles. The lowest BCUT2D eigenvalue weighted by Gasteiger charge is -2.06. The molecule has 0 bridgehead atoms. The molecule has 0 aliphatic rings. The molecular formula is C24H18O2. The number of carbonyl (C=O) groups is 1. The second-order valence-corrected chi connectivity index (χ2v) is 5.94. The summed E-state index contributed by atoms with van der Waals surface area (Å²) in [6.45, 7) is 2.08. The molecule has 0 radical (unpaired) electrons. The van der Waals surface area contributed by atoms with Crippen molar-refractivity contribution in [3.8, 4) is 23.0 Å². The SMILES string of the molecule is Cc1ccc(-c2ccccc2C=CC#Cc2ccc(C(=O)O)cc2)cc1. The Kier molecular flexibility index (Phi) is 5.31. The number of carboxylic acids is 1. The third-order valence-electron chi connectivity index (χ3n) is 4.02. The molecular weight excluding hydrogens is 320 g/mol. The second kappa shape index (κ2) is 8.00. The van der Waals surface area contributed by atoms with Gasteiger partial charge < -0.3 is 5.11 Å². The van der Waals surface area contributed by atoms with Crippen LogP contribution in [-0.2, 0) is 0 Å². The van der Waals surface area contributed by atoms with Gasteiger partial charge in [0.05, 0.1) is 5.56 Å². The minimum Gasteiger partial charge on any atom is -0.478 e. The summed E-state index contributed by atoms with van der Waals surface area (Å²) in [5.74, 6) is 5.09. The lowest BCUT2D eigenvalue weighted by atomic mass is 9.98. The first-order chi connectivity index (χ1) is 12.6. The third kappa shape index (κ3) is 4.28. The average Bonchev–Trinajstić information content (AvgIpc) is 2.67. The molecule has 0 atom stereocenters. The average molecular weight is 338 g/mol. The summed E-state index contributed by atoms with van der Waals surface area (Å²) in [7, 11) is 0. The van der Waals surface area contributed by atoms with Crippen molar-refractivity contribution >= 4 is 12.0 Å². The molecule has 0 heterocycles. The Labute approximate surface area is 153 Å². The molecule has 0 amide bonds. The fraction of sp³-hybridized carbons (Fsp3) is 0.0417. The van der Waals surface area contributed by atoms with Crippen molar-refractivity contribution in [1.82, 2.24) is 0 Å². The largest absolute Gasteiger partial charge is 0.478 e. The van der Waals surface area contributed by atoms with Crippen LogP contribution >= 0.6 is 0 Å². The maximum atomic E-state index is 10.8. The zero-order chi connectivity index (χ0) is 18.4. The minimum absolute atomic E-state index is 0.262. The van der Waals surface area contributed by atoms with Crippen molar-refractivity contribution in [1.29, 1.82) is 0 Å². The van der Waals surface area contributed by atoms with Crippen LogP contribution in [0.25, 0.3) is 17.2 Å². The van der Waals surface area contributed by atoms with Crippen molar-refractivity contribution in [3.05, 3.63) is 101 Å². The molecule has 0 saturated carbocycles. The summed E-state index contributed by atoms with van der Waals surface area (Å²) in [5, 5.41) is 8.90. The third-order valence-corrected chi connectivity index (χ3v) is 4.02. The van der Waals surface area contributed by atoms with Crippen LogP contribution in [0.1, 0.15) is 27.0 Å². The van der Waals surface area contributed by atoms with Crippen molar-refractivity contribution in [3.63, 3.8) is 0 Å². The predicted octanol–water partition coefficient (Wildman–Crippen LogP) is 5.43. The van der Waals surface area contributed by atoms with Crippen molar-refractivity contribution in [2.24, 2.45) is 0 Å². The molecule has 3 aromatic rings. The summed E-state index contributed by atoms with van der Waals surface area (Å²) in [6.07, 6.45) is 3.81. The number of aryl methyl sites for hydroxylation is 1. The van der Waals surface area contributed by atoms with E-state index in [4.69, 9.17) is 5.11 Å². The summed E-state index contributed by atoms with van der Waals surface area (Å²) in [5.41, 5.74) is 5.72. The Morgan fingerprint density at radius 3 is 2.31 bits per heavy atom. The lowest BCUT2D eigenvalue weighted by Crippen LogP contribution is -1.94. The Morgan fingerprint density at radius 1 is 0.923 bits per heavy atom. The zero-order valence-electron chi connectivity index (χ0n) is 14.4. The number of hydrogen-bond acceptors (Lipinski definition) is 1. The van der Waals surface area contributed by atoms with Crippen LogP contribution in [0.2, 0.25) is 0 Å². The molecule has 26 heavy (non-hydrogen) atoms. The summed E-state index contributed by atoms with van der Waals surface area (Å²) in [6, 6.07) is 23.2. The molecule has 126 valence electrons. The van der Waals surface area contributed by atoms with Crippen LogP contribution in [0.3, 0.4) is 0 Å². The molecule has 0 aliphatic carbocycles. The highest BCUT2D eigenvalue weighted by Crippen LogP contribution is 2.24. The van der Waals surface area contributed by atoms with Crippen molar-refractivity contribution in [2.45, 2.75) is 6.92 Å². The van der Waals surface area contributed by atoms with Crippen molar-refractivity contribution in [2.75, 3.05) is 0 Å². The van der Waals surface area contributed by atoms with E-state index in [0.29, 0.717) is 0 Å². The zero-order valence-corrected chi connectivity index (χ0v) is 14.4. The van der Waals surface area contributed by atoms with E-state index in [1.807, 2.05) is 24.3 Å². The molecule has 0 spiro atoms. The molecule has 0 aliphatic heterocycles. The highest BCUT2D eigenvalue weighted by Gasteiger charge is 2.01. The van der Waals surface area contributed by atoms with E-state index in [2.05, 4.69) is 55.2 Å². The molecule has 1 N–H and O–H groups in total. The van der Waals surface area contributed by atoms with Gasteiger partial charge in [-0.2, -0.15) is 0 Å². The second-order valence-electron chi connectivity index (χ2n) is 5.94. The molecule has 3 aromatic carbocycles. The topological polar surface area (TPSA) is 37.3 Å². The van der Waals surface area contributed by atoms with Gasteiger partial charge in [0.2, 0.25) is 0 Å². The van der Waals surface area contributed by atoms with Crippen LogP contribution in [-0.4, -0.2) is 11.1 Å². The van der Waals surface area contributed by atoms with E-state index in [0.717, 1.165) is 16.7 Å². The highest BCUT2D eigenvalue weighted by atomic mass is 16.4. The van der Waals surface area contributed by atoms with Gasteiger partial charge in [0.15, 0.2) is 0 Å². The van der Waals surface area contributed by atoms with Gasteiger partial charge in [-0.15, -0.1) is 0 Å². The van der Waals surface area contributed by atoms with E-state index in [-0.39, 0.29) is 5.56 Å². The van der Waals surface area contributed by atoms with Gasteiger partial charge >= 0.3 is 5.97 Å². The molecule has 0 unspecified atom stereocenters. The van der Waals surface area contributed by atoms with Gasteiger partial charge in [-0.05, 0) is 60.0 Å². The van der Waals surface area contributed by atoms with Gasteiger partial charge in [-0.1, -0.05) is 65.9 Å². The lowest BCUT2D eigenvalue weighted by molar-refractivity contribution is 0.0697. The predicted molar refractivity (Wildman–Crippen MR) is 106 cm³/mol. The fourth-order valence-electron chi connectivity index (χ4n) is 2.59. The number of rotatable bonds is 3. The molecule has 2 heteroatoms. The maximum Gasteiger partial charge on any atom is 0.335 e. The minimum atomic E-state index is -0.933. The number of allylic oxidation sites excluding steroid dienone is 1. The Morgan fingerprint density at radius 2 is 1.62 bits per heavy atom. The first kappa shape index (κ1) is 17.3. The molecule has 2 nitrogen and oxygen atoms in total. The van der Waals surface area contributed by atoms with Gasteiger partial charge in [-0.3, -0.25) is 0 Å². The number of benzene rings is 3. The standard InChI is InChI=1S/C24H18O2/c1-18-10-14-21(15-11-18)23-9-5-4-8-20(23)7-3-2-6-19-12-16-22(17-13-19)24(25)26/h3-5,7-17H,1H3,(H,25,26). The summed E-state index contributed by atoms with van der Waals surface area (Å²) in [4.78, 5) is 10.8. The molecule has 0 aromatic heterocycles. The normalized spacial score (nSPS) is 10.3. The Bertz CT molecular complexity index is 999. The van der Waals surface area contributed by atoms with Crippen LogP contribution in [0, 0.1) is 18.8 Å². The monoisotopic (exact) mass is 338 g/mol. The fourth-order valence-corrected chi connectivity index (χ4v) is 2.59. The summed E-state index contributed by atoms with van der Waals surface area (Å²) < 4.78 is 0. The van der Waals surface area contributed by atoms with Crippen LogP contribution in [0.15, 0.2) is 78.9 Å². The van der Waals surface area contributed by atoms with Crippen LogP contribution in [0.4, 0.5) is 0 Å². The van der Waals surface area contributed by atoms with Gasteiger partial charge in [-0.25, -0.2) is 4.79 Å². The maximum absolute atomic E-state index is 10.8. The number of carboxylic acid groups (broad SMARTS) is 1. The van der Waals surface area contributed by atoms with E-state index in [1.165, 1.54) is 11.1 Å². The van der Waals surface area contributed by atoms with E-state index < -0.39 is 5.97 Å². The summed E-state index contributed by atoms with van der Waals surface area (Å²) >= 11 is 0. The Balaban J connectivity index is 1.80. The molecule has 3 rings (SSSR count). The Hall–Kier alpha value is -3.57. The van der Waals surface area contributed by atoms with Crippen molar-refractivity contribution < 1.29 is 9.90 Å². The molecule has 0 fully saturated rings. The highest BCUT2D eigenvalue weighted by molar-refractivity contribution is 5.87. The number of aromatic carboxylic acids is 1. The van der Waals surface area contributed by atoms with Gasteiger partial charge in [0.25, 0.3) is 0 Å². The first-order valence-electron chi connectivity index (χ1n) is 8.31. The smallest absolute Gasteiger partial charge is 0.335 e. The quantitative estimate of drug-likeness (QED) is 0.647. The first-order valence-corrected chi connectivity index (χ1v) is 8.31. The van der Waals surface area contributed by atoms with Gasteiger partial charge in [0, 0.05) is 5.56 Å². The van der Waals surface area contributed by atoms with Crippen LogP contribution in [0.5, 0.6) is 0 Å².